The molecular formula is C30H37N15O5. The van der Waals surface area contributed by atoms with Crippen LogP contribution in [-0.2, 0) is 36.4 Å². The van der Waals surface area contributed by atoms with Gasteiger partial charge in [-0.25, -0.2) is 23.6 Å². The molecule has 0 saturated carbocycles. The van der Waals surface area contributed by atoms with Crippen molar-refractivity contribution in [1.82, 2.24) is 49.1 Å². The van der Waals surface area contributed by atoms with Gasteiger partial charge in [0.2, 0.25) is 5.88 Å². The minimum Gasteiger partial charge on any atom is -0.493 e. The molecule has 0 aliphatic rings. The Hall–Kier alpha value is -6.34. The summed E-state index contributed by atoms with van der Waals surface area (Å²) in [6.45, 7) is 4.09. The SMILES string of the molecule is CCCCc1nn(-c2nc(O)cc(-n3nc(CCCC)c(N=Nc4c(C(=O)OC)cnn4C)c3N)n2)cc1N=Nc1c(C(=O)OC)cnn1C. The van der Waals surface area contributed by atoms with E-state index in [-0.39, 0.29) is 51.9 Å². The molecule has 0 aliphatic carbocycles. The molecule has 0 saturated heterocycles. The molecule has 0 fully saturated rings. The van der Waals surface area contributed by atoms with E-state index in [9.17, 15) is 14.7 Å². The average molecular weight is 688 g/mol. The third kappa shape index (κ3) is 7.22. The lowest BCUT2D eigenvalue weighted by Crippen LogP contribution is -2.09. The summed E-state index contributed by atoms with van der Waals surface area (Å²) >= 11 is 0. The molecule has 20 heteroatoms. The third-order valence-electron chi connectivity index (χ3n) is 7.50. The molecule has 0 amide bonds. The number of aromatic nitrogens is 10. The maximum atomic E-state index is 12.2. The number of aryl methyl sites for hydroxylation is 4. The lowest BCUT2D eigenvalue weighted by Gasteiger charge is -2.06. The van der Waals surface area contributed by atoms with Crippen LogP contribution in [0.4, 0.5) is 28.8 Å². The van der Waals surface area contributed by atoms with Crippen LogP contribution in [-0.4, -0.2) is 80.4 Å². The number of hydrogen-bond donors (Lipinski definition) is 2. The van der Waals surface area contributed by atoms with Crippen molar-refractivity contribution in [3.63, 3.8) is 0 Å². The van der Waals surface area contributed by atoms with Crippen molar-refractivity contribution >= 4 is 40.8 Å². The number of esters is 2. The van der Waals surface area contributed by atoms with Gasteiger partial charge in [0.1, 0.15) is 16.8 Å². The standard InChI is InChI=1S/C30H37N15O5/c1-7-9-11-19-21(36-38-26-17(28(47)49-5)14-32-42(26)3)16-44(40-19)30-34-22(13-23(46)35-30)45-25(31)24(20(41-45)12-10-8-2)37-39-27-18(29(48)50-6)15-33-43(27)4/h13-16H,7-12,31H2,1-6H3,(H,34,35,46). The summed E-state index contributed by atoms with van der Waals surface area (Å²) in [5.41, 5.74) is 8.64. The molecule has 20 nitrogen and oxygen atoms in total. The number of azo groups is 2. The van der Waals surface area contributed by atoms with Gasteiger partial charge in [0.25, 0.3) is 5.95 Å². The predicted molar refractivity (Wildman–Crippen MR) is 177 cm³/mol. The first-order valence-corrected chi connectivity index (χ1v) is 15.7. The fraction of sp³-hybridized carbons (Fsp3) is 0.400. The summed E-state index contributed by atoms with van der Waals surface area (Å²) in [6.07, 6.45) is 8.70. The molecule has 0 atom stereocenters. The third-order valence-corrected chi connectivity index (χ3v) is 7.50. The molecule has 0 aliphatic heterocycles. The number of methoxy groups -OCH3 is 2. The molecule has 0 bridgehead atoms. The minimum atomic E-state index is -0.616. The Morgan fingerprint density at radius 2 is 1.42 bits per heavy atom. The van der Waals surface area contributed by atoms with E-state index < -0.39 is 11.9 Å². The smallest absolute Gasteiger partial charge is 0.343 e. The molecule has 262 valence electrons. The largest absolute Gasteiger partial charge is 0.493 e. The lowest BCUT2D eigenvalue weighted by molar-refractivity contribution is 0.0592. The molecule has 5 aromatic rings. The minimum absolute atomic E-state index is 0.000714. The second-order valence-corrected chi connectivity index (χ2v) is 11.0. The van der Waals surface area contributed by atoms with Crippen LogP contribution in [0.15, 0.2) is 45.1 Å². The van der Waals surface area contributed by atoms with Gasteiger partial charge >= 0.3 is 11.9 Å². The number of hydrogen-bond acceptors (Lipinski definition) is 16. The molecule has 0 radical (unpaired) electrons. The maximum absolute atomic E-state index is 12.2. The van der Waals surface area contributed by atoms with Crippen LogP contribution in [0.2, 0.25) is 0 Å². The molecule has 3 N–H and O–H groups in total. The molecule has 50 heavy (non-hydrogen) atoms. The zero-order chi connectivity index (χ0) is 35.9. The highest BCUT2D eigenvalue weighted by atomic mass is 16.5. The summed E-state index contributed by atoms with van der Waals surface area (Å²) in [5.74, 6) is -1.00. The van der Waals surface area contributed by atoms with Gasteiger partial charge in [-0.15, -0.1) is 20.5 Å². The molecule has 5 heterocycles. The van der Waals surface area contributed by atoms with Crippen LogP contribution in [0.1, 0.15) is 71.6 Å². The summed E-state index contributed by atoms with van der Waals surface area (Å²) in [5, 5.41) is 45.5. The fourth-order valence-electron chi connectivity index (χ4n) is 4.80. The van der Waals surface area contributed by atoms with Crippen LogP contribution in [0.3, 0.4) is 0 Å². The van der Waals surface area contributed by atoms with E-state index in [1.807, 2.05) is 13.8 Å². The van der Waals surface area contributed by atoms with Crippen LogP contribution in [0, 0.1) is 0 Å². The monoisotopic (exact) mass is 687 g/mol. The first kappa shape index (κ1) is 35.0. The highest BCUT2D eigenvalue weighted by Crippen LogP contribution is 2.33. The first-order chi connectivity index (χ1) is 24.1. The molecule has 5 rings (SSSR count). The van der Waals surface area contributed by atoms with Crippen molar-refractivity contribution in [3.05, 3.63) is 47.2 Å². The lowest BCUT2D eigenvalue weighted by atomic mass is 10.2. The Balaban J connectivity index is 1.55. The number of aromatic hydroxyl groups is 1. The Kier molecular flexibility index (Phi) is 10.7. The van der Waals surface area contributed by atoms with E-state index in [0.717, 1.165) is 25.7 Å². The Labute approximate surface area is 285 Å². The van der Waals surface area contributed by atoms with Crippen molar-refractivity contribution in [2.24, 2.45) is 34.6 Å². The number of anilines is 1. The first-order valence-electron chi connectivity index (χ1n) is 15.7. The highest BCUT2D eigenvalue weighted by Gasteiger charge is 2.22. The van der Waals surface area contributed by atoms with Crippen molar-refractivity contribution < 1.29 is 24.2 Å². The van der Waals surface area contributed by atoms with Gasteiger partial charge in [-0.1, -0.05) is 26.7 Å². The summed E-state index contributed by atoms with van der Waals surface area (Å²) < 4.78 is 15.1. The quantitative estimate of drug-likeness (QED) is 0.119. The van der Waals surface area contributed by atoms with E-state index in [1.165, 1.54) is 51.4 Å². The topological polar surface area (TPSA) is 245 Å². The van der Waals surface area contributed by atoms with E-state index >= 15 is 0 Å². The number of ether oxygens (including phenoxy) is 2. The number of rotatable bonds is 14. The number of carbonyl (C=O) groups is 2. The number of nitrogens with zero attached hydrogens (tertiary/aromatic N) is 14. The molecule has 0 aromatic carbocycles. The zero-order valence-corrected chi connectivity index (χ0v) is 28.5. The van der Waals surface area contributed by atoms with Gasteiger partial charge in [0.05, 0.1) is 44.2 Å². The number of unbranched alkanes of at least 4 members (excludes halogenated alkanes) is 2. The molecule has 0 unspecified atom stereocenters. The number of carbonyl (C=O) groups excluding carboxylic acids is 2. The number of nitrogen functional groups attached to an aromatic ring is 1. The van der Waals surface area contributed by atoms with Crippen LogP contribution in [0.5, 0.6) is 5.88 Å². The van der Waals surface area contributed by atoms with Crippen molar-refractivity contribution in [1.29, 1.82) is 0 Å². The highest BCUT2D eigenvalue weighted by molar-refractivity contribution is 5.94. The summed E-state index contributed by atoms with van der Waals surface area (Å²) in [7, 11) is 5.78. The number of nitrogens with two attached hydrogens (primary N) is 1. The predicted octanol–water partition coefficient (Wildman–Crippen LogP) is 4.69. The van der Waals surface area contributed by atoms with E-state index in [0.29, 0.717) is 29.9 Å². The van der Waals surface area contributed by atoms with Gasteiger partial charge in [0, 0.05) is 20.2 Å². The Morgan fingerprint density at radius 3 is 2.00 bits per heavy atom. The van der Waals surface area contributed by atoms with E-state index in [2.05, 4.69) is 50.8 Å². The molecular weight excluding hydrogens is 650 g/mol. The second-order valence-electron chi connectivity index (χ2n) is 11.0. The van der Waals surface area contributed by atoms with Gasteiger partial charge in [-0.2, -0.15) is 35.0 Å². The summed E-state index contributed by atoms with van der Waals surface area (Å²) in [6, 6.07) is 1.30. The van der Waals surface area contributed by atoms with Crippen LogP contribution in [0.25, 0.3) is 11.8 Å². The Bertz CT molecular complexity index is 2070. The van der Waals surface area contributed by atoms with E-state index in [4.69, 9.17) is 15.2 Å². The summed E-state index contributed by atoms with van der Waals surface area (Å²) in [4.78, 5) is 33.2. The second kappa shape index (κ2) is 15.3. The van der Waals surface area contributed by atoms with Crippen LogP contribution < -0.4 is 5.73 Å². The van der Waals surface area contributed by atoms with Crippen molar-refractivity contribution in [3.8, 4) is 17.6 Å². The molecule has 5 aromatic heterocycles. The normalized spacial score (nSPS) is 11.6. The fourth-order valence-corrected chi connectivity index (χ4v) is 4.80. The van der Waals surface area contributed by atoms with Gasteiger partial charge in [-0.3, -0.25) is 0 Å². The van der Waals surface area contributed by atoms with Crippen LogP contribution >= 0.6 is 0 Å². The zero-order valence-electron chi connectivity index (χ0n) is 28.5. The average Bonchev–Trinajstić information content (AvgIpc) is 3.88. The van der Waals surface area contributed by atoms with Crippen molar-refractivity contribution in [2.75, 3.05) is 20.0 Å². The van der Waals surface area contributed by atoms with Gasteiger partial charge in [0.15, 0.2) is 29.0 Å². The maximum Gasteiger partial charge on any atom is 0.343 e. The van der Waals surface area contributed by atoms with Gasteiger partial charge in [-0.05, 0) is 25.7 Å². The van der Waals surface area contributed by atoms with E-state index in [1.54, 1.807) is 20.3 Å². The Morgan fingerprint density at radius 1 is 0.840 bits per heavy atom. The molecule has 0 spiro atoms. The van der Waals surface area contributed by atoms with Crippen molar-refractivity contribution in [2.45, 2.75) is 52.4 Å². The van der Waals surface area contributed by atoms with Gasteiger partial charge < -0.3 is 20.3 Å².